The van der Waals surface area contributed by atoms with Gasteiger partial charge < -0.3 is 5.32 Å². The maximum absolute atomic E-state index is 12.1. The summed E-state index contributed by atoms with van der Waals surface area (Å²) in [5.74, 6) is -0.110. The second-order valence-corrected chi connectivity index (χ2v) is 7.33. The van der Waals surface area contributed by atoms with E-state index in [4.69, 9.17) is 0 Å². The van der Waals surface area contributed by atoms with Crippen LogP contribution in [0.4, 0.5) is 5.69 Å². The SMILES string of the molecule is Cc1cc(C)cc(N=C2NC(=O)/C(=C/c3ccc(Br)cc3)S2)c1. The predicted molar refractivity (Wildman–Crippen MR) is 101 cm³/mol. The van der Waals surface area contributed by atoms with Crippen molar-refractivity contribution >= 4 is 50.5 Å². The number of thioether (sulfide) groups is 1. The molecule has 2 aromatic carbocycles. The minimum absolute atomic E-state index is 0.110. The van der Waals surface area contributed by atoms with Gasteiger partial charge in [0.2, 0.25) is 0 Å². The minimum atomic E-state index is -0.110. The molecule has 1 amide bonds. The molecule has 0 saturated carbocycles. The highest BCUT2D eigenvalue weighted by Crippen LogP contribution is 2.28. The summed E-state index contributed by atoms with van der Waals surface area (Å²) in [6.07, 6.45) is 1.87. The Labute approximate surface area is 148 Å². The highest BCUT2D eigenvalue weighted by Gasteiger charge is 2.23. The normalized spacial score (nSPS) is 17.8. The summed E-state index contributed by atoms with van der Waals surface area (Å²) in [5, 5.41) is 3.43. The van der Waals surface area contributed by atoms with Gasteiger partial charge in [-0.2, -0.15) is 0 Å². The Kier molecular flexibility index (Phi) is 4.68. The number of hydrogen-bond acceptors (Lipinski definition) is 3. The standard InChI is InChI=1S/C18H15BrN2OS/c1-11-7-12(2)9-15(8-11)20-18-21-17(22)16(23-18)10-13-3-5-14(19)6-4-13/h3-10H,1-2H3,(H,20,21,22)/b16-10-. The van der Waals surface area contributed by atoms with Gasteiger partial charge in [-0.15, -0.1) is 0 Å². The lowest BCUT2D eigenvalue weighted by Crippen LogP contribution is -2.19. The number of nitrogens with one attached hydrogen (secondary N) is 1. The van der Waals surface area contributed by atoms with Gasteiger partial charge in [-0.05, 0) is 72.6 Å². The van der Waals surface area contributed by atoms with Crippen molar-refractivity contribution in [2.75, 3.05) is 0 Å². The van der Waals surface area contributed by atoms with Crippen LogP contribution in [0.3, 0.4) is 0 Å². The van der Waals surface area contributed by atoms with Gasteiger partial charge in [-0.1, -0.05) is 34.1 Å². The van der Waals surface area contributed by atoms with E-state index >= 15 is 0 Å². The quantitative estimate of drug-likeness (QED) is 0.741. The Balaban J connectivity index is 1.84. The van der Waals surface area contributed by atoms with Crippen molar-refractivity contribution in [1.29, 1.82) is 0 Å². The largest absolute Gasteiger partial charge is 0.300 e. The summed E-state index contributed by atoms with van der Waals surface area (Å²) in [7, 11) is 0. The third-order valence-corrected chi connectivity index (χ3v) is 4.69. The third-order valence-electron chi connectivity index (χ3n) is 3.26. The topological polar surface area (TPSA) is 41.5 Å². The van der Waals surface area contributed by atoms with Crippen LogP contribution in [0.15, 0.2) is 56.8 Å². The van der Waals surface area contributed by atoms with Crippen LogP contribution in [0, 0.1) is 13.8 Å². The number of hydrogen-bond donors (Lipinski definition) is 1. The van der Waals surface area contributed by atoms with Gasteiger partial charge >= 0.3 is 0 Å². The lowest BCUT2D eigenvalue weighted by atomic mass is 10.1. The number of carbonyl (C=O) groups excluding carboxylic acids is 1. The van der Waals surface area contributed by atoms with E-state index < -0.39 is 0 Å². The molecule has 5 heteroatoms. The van der Waals surface area contributed by atoms with Gasteiger partial charge in [0, 0.05) is 4.47 Å². The number of amides is 1. The number of nitrogens with zero attached hydrogens (tertiary/aromatic N) is 1. The van der Waals surface area contributed by atoms with Crippen LogP contribution in [0.2, 0.25) is 0 Å². The highest BCUT2D eigenvalue weighted by atomic mass is 79.9. The van der Waals surface area contributed by atoms with Crippen molar-refractivity contribution in [3.05, 3.63) is 68.5 Å². The van der Waals surface area contributed by atoms with E-state index in [9.17, 15) is 4.79 Å². The molecular formula is C18H15BrN2OS. The molecule has 116 valence electrons. The van der Waals surface area contributed by atoms with E-state index in [0.29, 0.717) is 10.1 Å². The van der Waals surface area contributed by atoms with E-state index in [1.807, 2.05) is 56.3 Å². The van der Waals surface area contributed by atoms with Gasteiger partial charge in [-0.3, -0.25) is 4.79 Å². The average molecular weight is 387 g/mol. The first-order valence-corrected chi connectivity index (χ1v) is 8.74. The summed E-state index contributed by atoms with van der Waals surface area (Å²) in [4.78, 5) is 17.3. The zero-order valence-corrected chi connectivity index (χ0v) is 15.2. The monoisotopic (exact) mass is 386 g/mol. The van der Waals surface area contributed by atoms with E-state index in [0.717, 1.165) is 26.9 Å². The second kappa shape index (κ2) is 6.72. The summed E-state index contributed by atoms with van der Waals surface area (Å²) in [6.45, 7) is 4.08. The molecule has 23 heavy (non-hydrogen) atoms. The summed E-state index contributed by atoms with van der Waals surface area (Å²) < 4.78 is 1.01. The fraction of sp³-hybridized carbons (Fsp3) is 0.111. The highest BCUT2D eigenvalue weighted by molar-refractivity contribution is 9.10. The number of amidine groups is 1. The van der Waals surface area contributed by atoms with Crippen molar-refractivity contribution in [1.82, 2.24) is 5.32 Å². The molecule has 0 radical (unpaired) electrons. The number of benzene rings is 2. The van der Waals surface area contributed by atoms with Crippen molar-refractivity contribution in [2.45, 2.75) is 13.8 Å². The molecule has 1 saturated heterocycles. The molecule has 3 nitrogen and oxygen atoms in total. The van der Waals surface area contributed by atoms with Crippen molar-refractivity contribution in [2.24, 2.45) is 4.99 Å². The lowest BCUT2D eigenvalue weighted by molar-refractivity contribution is -0.115. The molecule has 1 fully saturated rings. The zero-order chi connectivity index (χ0) is 16.4. The van der Waals surface area contributed by atoms with Crippen molar-refractivity contribution in [3.8, 4) is 0 Å². The third kappa shape index (κ3) is 4.12. The van der Waals surface area contributed by atoms with E-state index in [2.05, 4.69) is 32.3 Å². The van der Waals surface area contributed by atoms with Gasteiger partial charge in [0.25, 0.3) is 5.91 Å². The molecule has 1 aliphatic heterocycles. The van der Waals surface area contributed by atoms with Crippen LogP contribution in [0.25, 0.3) is 6.08 Å². The average Bonchev–Trinajstić information content (AvgIpc) is 2.80. The minimum Gasteiger partial charge on any atom is -0.300 e. The van der Waals surface area contributed by atoms with E-state index in [1.165, 1.54) is 11.8 Å². The number of aliphatic imine (C=N–C) groups is 1. The Morgan fingerprint density at radius 1 is 1.09 bits per heavy atom. The van der Waals surface area contributed by atoms with E-state index in [1.54, 1.807) is 0 Å². The lowest BCUT2D eigenvalue weighted by Gasteiger charge is -2.00. The summed E-state index contributed by atoms with van der Waals surface area (Å²) in [6, 6.07) is 13.9. The van der Waals surface area contributed by atoms with Crippen LogP contribution >= 0.6 is 27.7 Å². The van der Waals surface area contributed by atoms with E-state index in [-0.39, 0.29) is 5.91 Å². The maximum atomic E-state index is 12.1. The number of halogens is 1. The molecule has 0 unspecified atom stereocenters. The zero-order valence-electron chi connectivity index (χ0n) is 12.8. The molecule has 1 heterocycles. The molecule has 1 aliphatic rings. The second-order valence-electron chi connectivity index (χ2n) is 5.38. The maximum Gasteiger partial charge on any atom is 0.264 e. The summed E-state index contributed by atoms with van der Waals surface area (Å²) >= 11 is 4.77. The molecule has 0 aliphatic carbocycles. The molecule has 0 atom stereocenters. The first kappa shape index (κ1) is 16.0. The van der Waals surface area contributed by atoms with Gasteiger partial charge in [0.15, 0.2) is 5.17 Å². The van der Waals surface area contributed by atoms with Crippen molar-refractivity contribution in [3.63, 3.8) is 0 Å². The molecule has 0 bridgehead atoms. The molecule has 0 spiro atoms. The van der Waals surface area contributed by atoms with Crippen molar-refractivity contribution < 1.29 is 4.79 Å². The van der Waals surface area contributed by atoms with Crippen LogP contribution in [-0.4, -0.2) is 11.1 Å². The Morgan fingerprint density at radius 2 is 1.74 bits per heavy atom. The Hall–Kier alpha value is -1.85. The van der Waals surface area contributed by atoms with Crippen LogP contribution in [0.1, 0.15) is 16.7 Å². The molecule has 1 N–H and O–H groups in total. The summed E-state index contributed by atoms with van der Waals surface area (Å²) in [5.41, 5.74) is 4.15. The predicted octanol–water partition coefficient (Wildman–Crippen LogP) is 4.96. The first-order chi connectivity index (χ1) is 11.0. The van der Waals surface area contributed by atoms with Gasteiger partial charge in [0.05, 0.1) is 10.6 Å². The fourth-order valence-electron chi connectivity index (χ4n) is 2.32. The molecule has 0 aromatic heterocycles. The van der Waals surface area contributed by atoms with Crippen LogP contribution < -0.4 is 5.32 Å². The van der Waals surface area contributed by atoms with Crippen LogP contribution in [0.5, 0.6) is 0 Å². The number of rotatable bonds is 2. The smallest absolute Gasteiger partial charge is 0.264 e. The van der Waals surface area contributed by atoms with Gasteiger partial charge in [0.1, 0.15) is 0 Å². The Morgan fingerprint density at radius 3 is 2.39 bits per heavy atom. The molecule has 3 rings (SSSR count). The fourth-order valence-corrected chi connectivity index (χ4v) is 3.43. The van der Waals surface area contributed by atoms with Crippen LogP contribution in [-0.2, 0) is 4.79 Å². The Bertz CT molecular complexity index is 805. The number of carbonyl (C=O) groups is 1. The van der Waals surface area contributed by atoms with Gasteiger partial charge in [-0.25, -0.2) is 4.99 Å². The molecule has 2 aromatic rings. The molecular weight excluding hydrogens is 372 g/mol. The number of aryl methyl sites for hydroxylation is 2. The first-order valence-electron chi connectivity index (χ1n) is 7.13.